The average Bonchev–Trinajstić information content (AvgIpc) is 3.43. The molecule has 1 saturated heterocycles. The van der Waals surface area contributed by atoms with Crippen molar-refractivity contribution in [3.63, 3.8) is 0 Å². The first-order valence-electron chi connectivity index (χ1n) is 15.0. The number of hydrogen-bond acceptors (Lipinski definition) is 6. The van der Waals surface area contributed by atoms with Crippen LogP contribution in [0.25, 0.3) is 44.8 Å². The normalized spacial score (nSPS) is 21.2. The Labute approximate surface area is 251 Å². The summed E-state index contributed by atoms with van der Waals surface area (Å²) in [6.07, 6.45) is 4.15. The summed E-state index contributed by atoms with van der Waals surface area (Å²) in [7, 11) is 3.49. The fraction of sp³-hybridized carbons (Fsp3) is 0.364. The summed E-state index contributed by atoms with van der Waals surface area (Å²) in [5.74, 6) is -0.548. The molecule has 11 heteroatoms. The highest BCUT2D eigenvalue weighted by Gasteiger charge is 2.47. The van der Waals surface area contributed by atoms with Gasteiger partial charge in [-0.1, -0.05) is 0 Å². The van der Waals surface area contributed by atoms with Gasteiger partial charge in [0.1, 0.15) is 22.7 Å². The number of phenols is 1. The van der Waals surface area contributed by atoms with E-state index >= 15 is 0 Å². The zero-order chi connectivity index (χ0) is 30.4. The van der Waals surface area contributed by atoms with Gasteiger partial charge in [-0.05, 0) is 80.0 Å². The third kappa shape index (κ3) is 4.02. The molecule has 226 valence electrons. The highest BCUT2D eigenvalue weighted by atomic mass is 19.1. The van der Waals surface area contributed by atoms with E-state index in [1.165, 1.54) is 0 Å². The second-order valence-corrected chi connectivity index (χ2v) is 12.4. The first-order chi connectivity index (χ1) is 21.2. The number of halogens is 2. The number of nitrogens with zero attached hydrogens (tertiary/aromatic N) is 5. The van der Waals surface area contributed by atoms with Crippen LogP contribution in [-0.4, -0.2) is 60.8 Å². The summed E-state index contributed by atoms with van der Waals surface area (Å²) < 4.78 is 39.4. The number of hydrogen-bond donors (Lipinski definition) is 2. The zero-order valence-corrected chi connectivity index (χ0v) is 24.4. The lowest BCUT2D eigenvalue weighted by atomic mass is 10.1. The van der Waals surface area contributed by atoms with Crippen molar-refractivity contribution < 1.29 is 23.4 Å². The van der Waals surface area contributed by atoms with Gasteiger partial charge in [0.15, 0.2) is 17.4 Å². The van der Waals surface area contributed by atoms with Gasteiger partial charge >= 0.3 is 0 Å². The van der Waals surface area contributed by atoms with Crippen LogP contribution in [0, 0.1) is 23.5 Å². The van der Waals surface area contributed by atoms with Crippen molar-refractivity contribution in [3.8, 4) is 34.3 Å². The number of imidazole rings is 1. The van der Waals surface area contributed by atoms with Crippen LogP contribution >= 0.6 is 0 Å². The van der Waals surface area contributed by atoms with Crippen molar-refractivity contribution in [3.05, 3.63) is 59.7 Å². The number of phenolic OH excluding ortho intramolecular Hbond substituents is 1. The first kappa shape index (κ1) is 27.1. The SMILES string of the molecule is COc1cc(C(=O)N2CC3CCC2[C@@H]3N)cc2nc(-c3cc4ccc(-c5c(F)ccc(O)c5F)nc4n3CC3CC3)n(C)c12. The van der Waals surface area contributed by atoms with Crippen LogP contribution in [0.1, 0.15) is 36.0 Å². The van der Waals surface area contributed by atoms with Crippen LogP contribution in [0.3, 0.4) is 0 Å². The molecule has 44 heavy (non-hydrogen) atoms. The van der Waals surface area contributed by atoms with E-state index in [1.54, 1.807) is 25.3 Å². The maximum Gasteiger partial charge on any atom is 0.254 e. The smallest absolute Gasteiger partial charge is 0.254 e. The molecule has 3 atom stereocenters. The Bertz CT molecular complexity index is 2000. The molecule has 5 aromatic rings. The van der Waals surface area contributed by atoms with E-state index in [-0.39, 0.29) is 29.2 Å². The Balaban J connectivity index is 1.26. The lowest BCUT2D eigenvalue weighted by Gasteiger charge is -2.27. The molecule has 2 saturated carbocycles. The van der Waals surface area contributed by atoms with Crippen molar-refractivity contribution in [2.45, 2.75) is 44.3 Å². The summed E-state index contributed by atoms with van der Waals surface area (Å²) in [4.78, 5) is 25.3. The number of likely N-dealkylation sites (tertiary alicyclic amines) is 1. The molecule has 3 fully saturated rings. The van der Waals surface area contributed by atoms with Crippen LogP contribution in [-0.2, 0) is 13.6 Å². The molecule has 4 heterocycles. The number of fused-ring (bicyclic) bond motifs is 4. The Morgan fingerprint density at radius 2 is 1.91 bits per heavy atom. The van der Waals surface area contributed by atoms with Gasteiger partial charge in [0.25, 0.3) is 5.91 Å². The van der Waals surface area contributed by atoms with Gasteiger partial charge in [0.2, 0.25) is 0 Å². The topological polar surface area (TPSA) is 111 Å². The number of ether oxygens (including phenoxy) is 1. The monoisotopic (exact) mass is 598 g/mol. The van der Waals surface area contributed by atoms with Gasteiger partial charge in [-0.25, -0.2) is 18.7 Å². The number of aryl methyl sites for hydroxylation is 1. The van der Waals surface area contributed by atoms with E-state index in [9.17, 15) is 18.7 Å². The van der Waals surface area contributed by atoms with E-state index in [4.69, 9.17) is 20.4 Å². The number of rotatable bonds is 6. The molecule has 2 unspecified atom stereocenters. The predicted octanol–water partition coefficient (Wildman–Crippen LogP) is 5.22. The number of carbonyl (C=O) groups is 1. The molecule has 1 aliphatic heterocycles. The minimum Gasteiger partial charge on any atom is -0.505 e. The second-order valence-electron chi connectivity index (χ2n) is 12.4. The van der Waals surface area contributed by atoms with Gasteiger partial charge in [-0.15, -0.1) is 0 Å². The van der Waals surface area contributed by atoms with E-state index in [1.807, 2.05) is 28.6 Å². The van der Waals surface area contributed by atoms with E-state index < -0.39 is 17.4 Å². The molecule has 3 N–H and O–H groups in total. The maximum atomic E-state index is 14.8. The van der Waals surface area contributed by atoms with Crippen LogP contribution in [0.4, 0.5) is 8.78 Å². The van der Waals surface area contributed by atoms with Crippen molar-refractivity contribution in [2.75, 3.05) is 13.7 Å². The predicted molar refractivity (Wildman–Crippen MR) is 161 cm³/mol. The molecule has 1 amide bonds. The number of methoxy groups -OCH3 is 1. The summed E-state index contributed by atoms with van der Waals surface area (Å²) in [5, 5.41) is 10.7. The molecular formula is C33H32F2N6O3. The highest BCUT2D eigenvalue weighted by molar-refractivity contribution is 6.00. The third-order valence-electron chi connectivity index (χ3n) is 9.75. The van der Waals surface area contributed by atoms with E-state index in [0.717, 1.165) is 54.4 Å². The minimum absolute atomic E-state index is 0.0223. The standard InChI is InChI=1S/C33H32F2N6O3/c1-39-30-22(11-19(13-26(30)44-2)33(43)41-15-18-6-9-23(41)29(18)36)38-32(39)24-12-17-5-8-21(27-20(34)7-10-25(42)28(27)35)37-31(17)40(24)14-16-3-4-16/h5,7-8,10-13,16,18,23,29,42H,3-4,6,9,14-15,36H2,1-2H3/t18?,23?,29-/m1/s1. The molecule has 2 aliphatic carbocycles. The van der Waals surface area contributed by atoms with Crippen LogP contribution in [0.15, 0.2) is 42.5 Å². The van der Waals surface area contributed by atoms with Gasteiger partial charge in [0.05, 0.1) is 29.6 Å². The fourth-order valence-electron chi connectivity index (χ4n) is 7.24. The van der Waals surface area contributed by atoms with Crippen LogP contribution in [0.2, 0.25) is 0 Å². The van der Waals surface area contributed by atoms with Crippen molar-refractivity contribution in [1.82, 2.24) is 24.0 Å². The lowest BCUT2D eigenvalue weighted by molar-refractivity contribution is 0.0700. The first-order valence-corrected chi connectivity index (χ1v) is 15.0. The van der Waals surface area contributed by atoms with Crippen LogP contribution in [0.5, 0.6) is 11.5 Å². The molecule has 0 spiro atoms. The van der Waals surface area contributed by atoms with E-state index in [2.05, 4.69) is 4.57 Å². The fourth-order valence-corrected chi connectivity index (χ4v) is 7.24. The highest BCUT2D eigenvalue weighted by Crippen LogP contribution is 2.41. The summed E-state index contributed by atoms with van der Waals surface area (Å²) >= 11 is 0. The number of amides is 1. The van der Waals surface area contributed by atoms with Crippen molar-refractivity contribution >= 4 is 28.0 Å². The Morgan fingerprint density at radius 1 is 1.09 bits per heavy atom. The lowest BCUT2D eigenvalue weighted by Crippen LogP contribution is -2.41. The molecule has 0 radical (unpaired) electrons. The number of carbonyl (C=O) groups excluding carboxylic acids is 1. The molecule has 9 nitrogen and oxygen atoms in total. The number of aromatic nitrogens is 4. The number of benzene rings is 2. The van der Waals surface area contributed by atoms with Gasteiger partial charge in [0, 0.05) is 43.2 Å². The Kier molecular flexibility index (Phi) is 6.00. The summed E-state index contributed by atoms with van der Waals surface area (Å²) in [6, 6.07) is 11.0. The quantitative estimate of drug-likeness (QED) is 0.277. The number of aromatic hydroxyl groups is 1. The van der Waals surface area contributed by atoms with Crippen molar-refractivity contribution in [2.24, 2.45) is 24.6 Å². The second kappa shape index (κ2) is 9.75. The molecule has 2 bridgehead atoms. The third-order valence-corrected chi connectivity index (χ3v) is 9.75. The van der Waals surface area contributed by atoms with E-state index in [0.29, 0.717) is 53.2 Å². The molecule has 3 aliphatic rings. The number of piperidine rings is 1. The molecule has 8 rings (SSSR count). The molecule has 3 aromatic heterocycles. The Hall–Kier alpha value is -4.51. The van der Waals surface area contributed by atoms with Crippen LogP contribution < -0.4 is 10.5 Å². The van der Waals surface area contributed by atoms with Gasteiger partial charge in [-0.3, -0.25) is 4.79 Å². The summed E-state index contributed by atoms with van der Waals surface area (Å²) in [5.41, 5.74) is 9.36. The molecular weight excluding hydrogens is 566 g/mol. The summed E-state index contributed by atoms with van der Waals surface area (Å²) in [6.45, 7) is 1.34. The zero-order valence-electron chi connectivity index (χ0n) is 24.4. The van der Waals surface area contributed by atoms with Gasteiger partial charge < -0.3 is 29.6 Å². The number of nitrogens with two attached hydrogens (primary N) is 1. The average molecular weight is 599 g/mol. The van der Waals surface area contributed by atoms with Crippen molar-refractivity contribution in [1.29, 1.82) is 0 Å². The Morgan fingerprint density at radius 3 is 2.61 bits per heavy atom. The van der Waals surface area contributed by atoms with Gasteiger partial charge in [-0.2, -0.15) is 0 Å². The minimum atomic E-state index is -1.05. The molecule has 2 aromatic carbocycles. The largest absolute Gasteiger partial charge is 0.505 e. The number of pyridine rings is 1. The maximum absolute atomic E-state index is 14.8.